The normalized spacial score (nSPS) is 21.9. The Morgan fingerprint density at radius 2 is 1.70 bits per heavy atom. The van der Waals surface area contributed by atoms with E-state index in [0.717, 1.165) is 60.7 Å². The Hall–Kier alpha value is -2.44. The van der Waals surface area contributed by atoms with Crippen molar-refractivity contribution in [3.63, 3.8) is 0 Å². The van der Waals surface area contributed by atoms with E-state index in [2.05, 4.69) is 15.8 Å². The SMILES string of the molecule is O=C(c1csc(C2CCN(S(=O)(=O)c3ccc(OC(F)(F)F)cc3)CC2)n1)N1CCCC2CCCC=C21. The van der Waals surface area contributed by atoms with Gasteiger partial charge in [-0.2, -0.15) is 4.31 Å². The van der Waals surface area contributed by atoms with Gasteiger partial charge in [-0.25, -0.2) is 13.4 Å². The molecule has 0 N–H and O–H groups in total. The van der Waals surface area contributed by atoms with Gasteiger partial charge in [-0.05, 0) is 75.1 Å². The average molecular weight is 556 g/mol. The minimum absolute atomic E-state index is 0.0450. The highest BCUT2D eigenvalue weighted by Crippen LogP contribution is 2.37. The van der Waals surface area contributed by atoms with Crippen molar-refractivity contribution in [3.05, 3.63) is 52.1 Å². The van der Waals surface area contributed by atoms with Crippen LogP contribution in [0.15, 0.2) is 46.3 Å². The highest BCUT2D eigenvalue weighted by molar-refractivity contribution is 7.89. The summed E-state index contributed by atoms with van der Waals surface area (Å²) in [4.78, 5) is 19.7. The lowest BCUT2D eigenvalue weighted by molar-refractivity contribution is -0.274. The molecule has 12 heteroatoms. The van der Waals surface area contributed by atoms with E-state index in [4.69, 9.17) is 0 Å². The van der Waals surface area contributed by atoms with Crippen molar-refractivity contribution in [1.29, 1.82) is 0 Å². The van der Waals surface area contributed by atoms with Gasteiger partial charge in [0.2, 0.25) is 10.0 Å². The summed E-state index contributed by atoms with van der Waals surface area (Å²) in [6.45, 7) is 1.24. The molecule has 3 aliphatic rings. The summed E-state index contributed by atoms with van der Waals surface area (Å²) in [6, 6.07) is 4.23. The Morgan fingerprint density at radius 3 is 2.41 bits per heavy atom. The van der Waals surface area contributed by atoms with E-state index < -0.39 is 22.1 Å². The quantitative estimate of drug-likeness (QED) is 0.485. The number of alkyl halides is 3. The number of rotatable bonds is 5. The molecule has 1 aliphatic carbocycles. The van der Waals surface area contributed by atoms with Crippen molar-refractivity contribution < 1.29 is 31.1 Å². The molecule has 200 valence electrons. The van der Waals surface area contributed by atoms with E-state index in [0.29, 0.717) is 31.0 Å². The molecule has 7 nitrogen and oxygen atoms in total. The third-order valence-corrected chi connectivity index (χ3v) is 10.2. The van der Waals surface area contributed by atoms with Gasteiger partial charge in [0.05, 0.1) is 9.90 Å². The van der Waals surface area contributed by atoms with Gasteiger partial charge < -0.3 is 9.64 Å². The van der Waals surface area contributed by atoms with Crippen LogP contribution in [0.1, 0.15) is 66.4 Å². The summed E-state index contributed by atoms with van der Waals surface area (Å²) in [7, 11) is -3.85. The monoisotopic (exact) mass is 555 g/mol. The van der Waals surface area contributed by atoms with E-state index >= 15 is 0 Å². The van der Waals surface area contributed by atoms with Gasteiger partial charge in [0.25, 0.3) is 5.91 Å². The standard InChI is InChI=1S/C25H28F3N3O4S2/c26-25(27,28)35-19-7-9-20(10-8-19)37(33,34)30-14-11-18(12-15-30)23-29-21(16-36-23)24(32)31-13-3-5-17-4-1-2-6-22(17)31/h6-10,16-18H,1-5,11-15H2. The van der Waals surface area contributed by atoms with E-state index in [1.165, 1.54) is 22.1 Å². The van der Waals surface area contributed by atoms with Gasteiger partial charge in [0.1, 0.15) is 11.4 Å². The molecule has 1 atom stereocenters. The maximum atomic E-state index is 13.3. The third kappa shape index (κ3) is 5.70. The fourth-order valence-electron chi connectivity index (χ4n) is 5.41. The van der Waals surface area contributed by atoms with Crippen molar-refractivity contribution in [2.24, 2.45) is 5.92 Å². The van der Waals surface area contributed by atoms with Crippen LogP contribution in [-0.4, -0.2) is 54.5 Å². The van der Waals surface area contributed by atoms with Crippen molar-refractivity contribution in [3.8, 4) is 5.75 Å². The van der Waals surface area contributed by atoms with Gasteiger partial charge in [-0.15, -0.1) is 24.5 Å². The maximum Gasteiger partial charge on any atom is 0.573 e. The fraction of sp³-hybridized carbons (Fsp3) is 0.520. The van der Waals surface area contributed by atoms with E-state index in [1.54, 1.807) is 5.38 Å². The van der Waals surface area contributed by atoms with E-state index in [1.807, 2.05) is 4.90 Å². The zero-order valence-electron chi connectivity index (χ0n) is 20.1. The van der Waals surface area contributed by atoms with Crippen LogP contribution in [0.2, 0.25) is 0 Å². The number of aromatic nitrogens is 1. The lowest BCUT2D eigenvalue weighted by Gasteiger charge is -2.37. The maximum absolute atomic E-state index is 13.3. The van der Waals surface area contributed by atoms with Gasteiger partial charge in [0.15, 0.2) is 0 Å². The Morgan fingerprint density at radius 1 is 1.00 bits per heavy atom. The predicted molar refractivity (Wildman–Crippen MR) is 132 cm³/mol. The minimum atomic E-state index is -4.84. The zero-order chi connectivity index (χ0) is 26.2. The third-order valence-electron chi connectivity index (χ3n) is 7.26. The lowest BCUT2D eigenvalue weighted by atomic mass is 9.85. The number of carbonyl (C=O) groups excluding carboxylic acids is 1. The molecule has 2 fully saturated rings. The summed E-state index contributed by atoms with van der Waals surface area (Å²) in [6.07, 6.45) is 3.89. The Bertz CT molecular complexity index is 1270. The van der Waals surface area contributed by atoms with Crippen molar-refractivity contribution >= 4 is 27.3 Å². The molecule has 2 aliphatic heterocycles. The largest absolute Gasteiger partial charge is 0.573 e. The number of thiazole rings is 1. The van der Waals surface area contributed by atoms with Gasteiger partial charge in [-0.3, -0.25) is 4.79 Å². The summed E-state index contributed by atoms with van der Waals surface area (Å²) in [5.74, 6) is -0.0230. The van der Waals surface area contributed by atoms with Crippen molar-refractivity contribution in [1.82, 2.24) is 14.2 Å². The number of nitrogens with zero attached hydrogens (tertiary/aromatic N) is 3. The molecule has 0 bridgehead atoms. The van der Waals surface area contributed by atoms with Crippen LogP contribution in [0.4, 0.5) is 13.2 Å². The number of sulfonamides is 1. The number of likely N-dealkylation sites (tertiary alicyclic amines) is 1. The first kappa shape index (κ1) is 26.2. The number of allylic oxidation sites excluding steroid dienone is 2. The molecule has 5 rings (SSSR count). The molecule has 3 heterocycles. The van der Waals surface area contributed by atoms with Crippen molar-refractivity contribution in [2.75, 3.05) is 19.6 Å². The number of amides is 1. The predicted octanol–water partition coefficient (Wildman–Crippen LogP) is 5.53. The molecule has 0 saturated carbocycles. The molecule has 1 aromatic carbocycles. The highest BCUT2D eigenvalue weighted by Gasteiger charge is 2.35. The number of benzene rings is 1. The molecule has 1 unspecified atom stereocenters. The van der Waals surface area contributed by atoms with Crippen LogP contribution >= 0.6 is 11.3 Å². The number of carbonyl (C=O) groups is 1. The molecular weight excluding hydrogens is 527 g/mol. The van der Waals surface area contributed by atoms with Crippen LogP contribution < -0.4 is 4.74 Å². The summed E-state index contributed by atoms with van der Waals surface area (Å²) in [5.41, 5.74) is 1.59. The number of hydrogen-bond acceptors (Lipinski definition) is 6. The average Bonchev–Trinajstić information content (AvgIpc) is 3.38. The van der Waals surface area contributed by atoms with Crippen LogP contribution in [0, 0.1) is 5.92 Å². The van der Waals surface area contributed by atoms with Gasteiger partial charge >= 0.3 is 6.36 Å². The molecule has 0 spiro atoms. The second-order valence-electron chi connectivity index (χ2n) is 9.62. The number of fused-ring (bicyclic) bond motifs is 1. The van der Waals surface area contributed by atoms with E-state index in [9.17, 15) is 26.4 Å². The fourth-order valence-corrected chi connectivity index (χ4v) is 7.85. The lowest BCUT2D eigenvalue weighted by Crippen LogP contribution is -2.39. The van der Waals surface area contributed by atoms with Crippen LogP contribution in [0.3, 0.4) is 0 Å². The topological polar surface area (TPSA) is 79.8 Å². The molecule has 2 aromatic rings. The number of ether oxygens (including phenoxy) is 1. The number of hydrogen-bond donors (Lipinski definition) is 0. The first-order chi connectivity index (χ1) is 17.6. The Kier molecular flexibility index (Phi) is 7.34. The molecule has 2 saturated heterocycles. The zero-order valence-corrected chi connectivity index (χ0v) is 21.7. The Labute approximate surface area is 218 Å². The number of piperidine rings is 2. The Balaban J connectivity index is 1.21. The first-order valence-electron chi connectivity index (χ1n) is 12.4. The molecule has 0 radical (unpaired) electrons. The smallest absolute Gasteiger partial charge is 0.406 e. The highest BCUT2D eigenvalue weighted by atomic mass is 32.2. The summed E-state index contributed by atoms with van der Waals surface area (Å²) in [5, 5.41) is 2.64. The van der Waals surface area contributed by atoms with Gasteiger partial charge in [-0.1, -0.05) is 6.08 Å². The van der Waals surface area contributed by atoms with Gasteiger partial charge in [0, 0.05) is 36.6 Å². The molecule has 1 amide bonds. The van der Waals surface area contributed by atoms with Crippen LogP contribution in [0.5, 0.6) is 5.75 Å². The number of halogens is 3. The first-order valence-corrected chi connectivity index (χ1v) is 14.8. The molecule has 1 aromatic heterocycles. The minimum Gasteiger partial charge on any atom is -0.406 e. The second-order valence-corrected chi connectivity index (χ2v) is 12.5. The van der Waals surface area contributed by atoms with Crippen molar-refractivity contribution in [2.45, 2.75) is 62.1 Å². The molecule has 37 heavy (non-hydrogen) atoms. The van der Waals surface area contributed by atoms with E-state index in [-0.39, 0.29) is 29.8 Å². The van der Waals surface area contributed by atoms with Crippen LogP contribution in [0.25, 0.3) is 0 Å². The molecular formula is C25H28F3N3O4S2. The summed E-state index contributed by atoms with van der Waals surface area (Å²) < 4.78 is 68.3. The second kappa shape index (κ2) is 10.4. The van der Waals surface area contributed by atoms with Crippen LogP contribution in [-0.2, 0) is 10.0 Å². The summed E-state index contributed by atoms with van der Waals surface area (Å²) >= 11 is 1.44.